The Hall–Kier alpha value is -3.15. The van der Waals surface area contributed by atoms with Crippen LogP contribution in [0.25, 0.3) is 0 Å². The van der Waals surface area contributed by atoms with E-state index in [1.54, 1.807) is 6.92 Å². The number of carbonyl (C=O) groups is 3. The van der Waals surface area contributed by atoms with Crippen molar-refractivity contribution in [2.24, 2.45) is 5.73 Å². The molecule has 6 heteroatoms. The average molecular weight is 342 g/mol. The smallest absolute Gasteiger partial charge is 0.408 e. The third kappa shape index (κ3) is 8.31. The van der Waals surface area contributed by atoms with Crippen LogP contribution in [0.5, 0.6) is 0 Å². The van der Waals surface area contributed by atoms with Gasteiger partial charge in [-0.1, -0.05) is 60.7 Å². The number of nitrogens with two attached hydrogens (primary N) is 1. The van der Waals surface area contributed by atoms with E-state index in [2.05, 4.69) is 5.32 Å². The number of primary amides is 1. The second-order valence-corrected chi connectivity index (χ2v) is 5.25. The van der Waals surface area contributed by atoms with Gasteiger partial charge in [-0.25, -0.2) is 4.79 Å². The molecule has 0 aliphatic carbocycles. The minimum absolute atomic E-state index is 0.121. The van der Waals surface area contributed by atoms with Crippen LogP contribution in [-0.4, -0.2) is 23.8 Å². The molecule has 1 atom stereocenters. The molecule has 0 spiro atoms. The lowest BCUT2D eigenvalue weighted by Crippen LogP contribution is -2.42. The normalized spacial score (nSPS) is 10.6. The highest BCUT2D eigenvalue weighted by Crippen LogP contribution is 2.00. The lowest BCUT2D eigenvalue weighted by molar-refractivity contribution is -0.119. The Bertz CT molecular complexity index is 687. The first-order valence-electron chi connectivity index (χ1n) is 7.72. The number of ether oxygens (including phenoxy) is 1. The summed E-state index contributed by atoms with van der Waals surface area (Å²) in [5, 5.41) is 2.31. The molecule has 2 aromatic rings. The van der Waals surface area contributed by atoms with Crippen molar-refractivity contribution in [2.45, 2.75) is 26.5 Å². The number of Topliss-reactive ketones (excluding diaryl/α,β-unsaturated/α-hetero) is 1. The van der Waals surface area contributed by atoms with Crippen molar-refractivity contribution in [1.82, 2.24) is 5.32 Å². The minimum Gasteiger partial charge on any atom is -0.445 e. The first-order valence-corrected chi connectivity index (χ1v) is 7.72. The van der Waals surface area contributed by atoms with Gasteiger partial charge in [0.15, 0.2) is 5.78 Å². The van der Waals surface area contributed by atoms with Crippen LogP contribution in [0.2, 0.25) is 0 Å². The molecule has 0 aromatic heterocycles. The summed E-state index contributed by atoms with van der Waals surface area (Å²) in [5.74, 6) is -0.479. The van der Waals surface area contributed by atoms with E-state index in [1.165, 1.54) is 6.92 Å². The number of hydrogen-bond acceptors (Lipinski definition) is 4. The fraction of sp³-hybridized carbons (Fsp3) is 0.211. The van der Waals surface area contributed by atoms with Gasteiger partial charge in [-0.2, -0.15) is 0 Å². The molecule has 0 radical (unpaired) electrons. The van der Waals surface area contributed by atoms with Gasteiger partial charge in [0.2, 0.25) is 5.91 Å². The monoisotopic (exact) mass is 342 g/mol. The van der Waals surface area contributed by atoms with Crippen molar-refractivity contribution in [3.05, 3.63) is 71.8 Å². The molecule has 0 aliphatic heterocycles. The highest BCUT2D eigenvalue weighted by molar-refractivity contribution is 5.93. The summed E-state index contributed by atoms with van der Waals surface area (Å²) in [6.07, 6.45) is -0.657. The van der Waals surface area contributed by atoms with Gasteiger partial charge in [0.25, 0.3) is 0 Å². The summed E-state index contributed by atoms with van der Waals surface area (Å²) >= 11 is 0. The van der Waals surface area contributed by atoms with Gasteiger partial charge in [0, 0.05) is 5.56 Å². The number of amides is 2. The van der Waals surface area contributed by atoms with E-state index >= 15 is 0 Å². The second-order valence-electron chi connectivity index (χ2n) is 5.25. The van der Waals surface area contributed by atoms with Crippen molar-refractivity contribution in [3.8, 4) is 0 Å². The van der Waals surface area contributed by atoms with Crippen LogP contribution < -0.4 is 11.1 Å². The molecule has 132 valence electrons. The minimum atomic E-state index is -0.733. The lowest BCUT2D eigenvalue weighted by atomic mass is 10.2. The maximum Gasteiger partial charge on any atom is 0.408 e. The summed E-state index contributed by atoms with van der Waals surface area (Å²) in [7, 11) is 0. The predicted octanol–water partition coefficient (Wildman–Crippen LogP) is 2.68. The fourth-order valence-electron chi connectivity index (χ4n) is 1.69. The molecule has 6 nitrogen and oxygen atoms in total. The van der Waals surface area contributed by atoms with E-state index in [-0.39, 0.29) is 12.4 Å². The SMILES string of the molecule is CC(=O)c1ccccc1.CC(NC(=O)OCc1ccccc1)C(N)=O. The highest BCUT2D eigenvalue weighted by Gasteiger charge is 2.12. The van der Waals surface area contributed by atoms with Crippen molar-refractivity contribution in [3.63, 3.8) is 0 Å². The fourth-order valence-corrected chi connectivity index (χ4v) is 1.69. The molecule has 1 unspecified atom stereocenters. The zero-order valence-corrected chi connectivity index (χ0v) is 14.3. The Balaban J connectivity index is 0.000000293. The van der Waals surface area contributed by atoms with E-state index in [0.717, 1.165) is 11.1 Å². The van der Waals surface area contributed by atoms with Gasteiger partial charge in [0.1, 0.15) is 12.6 Å². The molecule has 0 aliphatic rings. The van der Waals surface area contributed by atoms with Gasteiger partial charge in [-0.05, 0) is 19.4 Å². The van der Waals surface area contributed by atoms with E-state index < -0.39 is 18.0 Å². The van der Waals surface area contributed by atoms with Gasteiger partial charge in [-0.15, -0.1) is 0 Å². The van der Waals surface area contributed by atoms with E-state index in [4.69, 9.17) is 10.5 Å². The van der Waals surface area contributed by atoms with Crippen LogP contribution >= 0.6 is 0 Å². The third-order valence-corrected chi connectivity index (χ3v) is 3.15. The van der Waals surface area contributed by atoms with Crippen molar-refractivity contribution < 1.29 is 19.1 Å². The first-order chi connectivity index (χ1) is 11.9. The van der Waals surface area contributed by atoms with E-state index in [1.807, 2.05) is 60.7 Å². The quantitative estimate of drug-likeness (QED) is 0.816. The number of ketones is 1. The van der Waals surface area contributed by atoms with Crippen LogP contribution in [0, 0.1) is 0 Å². The summed E-state index contributed by atoms with van der Waals surface area (Å²) in [6, 6.07) is 17.7. The average Bonchev–Trinajstić information content (AvgIpc) is 2.62. The van der Waals surface area contributed by atoms with Crippen LogP contribution in [-0.2, 0) is 16.1 Å². The van der Waals surface area contributed by atoms with Crippen molar-refractivity contribution in [2.75, 3.05) is 0 Å². The molecule has 0 heterocycles. The molecule has 0 bridgehead atoms. The molecule has 3 N–H and O–H groups in total. The van der Waals surface area contributed by atoms with Crippen molar-refractivity contribution in [1.29, 1.82) is 0 Å². The number of rotatable bonds is 5. The maximum atomic E-state index is 11.2. The Morgan fingerprint density at radius 2 is 1.52 bits per heavy atom. The van der Waals surface area contributed by atoms with Crippen LogP contribution in [0.3, 0.4) is 0 Å². The molecule has 25 heavy (non-hydrogen) atoms. The van der Waals surface area contributed by atoms with Crippen LogP contribution in [0.1, 0.15) is 29.8 Å². The van der Waals surface area contributed by atoms with Gasteiger partial charge < -0.3 is 15.8 Å². The van der Waals surface area contributed by atoms with Gasteiger partial charge in [-0.3, -0.25) is 9.59 Å². The Kier molecular flexibility index (Phi) is 8.43. The number of benzene rings is 2. The summed E-state index contributed by atoms with van der Waals surface area (Å²) < 4.78 is 4.89. The maximum absolute atomic E-state index is 11.2. The predicted molar refractivity (Wildman–Crippen MR) is 94.9 cm³/mol. The molecule has 0 saturated heterocycles. The largest absolute Gasteiger partial charge is 0.445 e. The molecule has 2 aromatic carbocycles. The number of alkyl carbamates (subject to hydrolysis) is 1. The molecular weight excluding hydrogens is 320 g/mol. The first kappa shape index (κ1) is 19.9. The molecule has 2 amide bonds. The Morgan fingerprint density at radius 3 is 1.96 bits per heavy atom. The second kappa shape index (κ2) is 10.6. The zero-order chi connectivity index (χ0) is 18.7. The lowest BCUT2D eigenvalue weighted by Gasteiger charge is -2.10. The van der Waals surface area contributed by atoms with E-state index in [9.17, 15) is 14.4 Å². The number of hydrogen-bond donors (Lipinski definition) is 2. The standard InChI is InChI=1S/C11H14N2O3.C8H8O/c1-8(10(12)14)13-11(15)16-7-9-5-3-2-4-6-9;1-7(9)8-5-3-2-4-6-8/h2-6,8H,7H2,1H3,(H2,12,14)(H,13,15);2-6H,1H3. The summed E-state index contributed by atoms with van der Waals surface area (Å²) in [4.78, 5) is 32.5. The highest BCUT2D eigenvalue weighted by atomic mass is 16.5. The summed E-state index contributed by atoms with van der Waals surface area (Å²) in [6.45, 7) is 3.22. The molecule has 2 rings (SSSR count). The van der Waals surface area contributed by atoms with Gasteiger partial charge in [0.05, 0.1) is 0 Å². The molecular formula is C19H22N2O4. The zero-order valence-electron chi connectivity index (χ0n) is 14.3. The third-order valence-electron chi connectivity index (χ3n) is 3.15. The topological polar surface area (TPSA) is 98.5 Å². The van der Waals surface area contributed by atoms with Crippen LogP contribution in [0.4, 0.5) is 4.79 Å². The number of nitrogens with one attached hydrogen (secondary N) is 1. The Morgan fingerprint density at radius 1 is 1.00 bits per heavy atom. The molecule has 0 saturated carbocycles. The van der Waals surface area contributed by atoms with Crippen LogP contribution in [0.15, 0.2) is 60.7 Å². The summed E-state index contributed by atoms with van der Waals surface area (Å²) in [5.41, 5.74) is 6.64. The number of carbonyl (C=O) groups excluding carboxylic acids is 3. The van der Waals surface area contributed by atoms with Gasteiger partial charge >= 0.3 is 6.09 Å². The van der Waals surface area contributed by atoms with Crippen molar-refractivity contribution >= 4 is 17.8 Å². The van der Waals surface area contributed by atoms with E-state index in [0.29, 0.717) is 0 Å². The molecule has 0 fully saturated rings. The Labute approximate surface area is 147 Å².